The summed E-state index contributed by atoms with van der Waals surface area (Å²) in [5.41, 5.74) is 9.39. The van der Waals surface area contributed by atoms with Crippen molar-refractivity contribution in [2.45, 2.75) is 13.0 Å². The monoisotopic (exact) mass is 443 g/mol. The van der Waals surface area contributed by atoms with Crippen molar-refractivity contribution >= 4 is 40.3 Å². The number of pyridine rings is 2. The summed E-state index contributed by atoms with van der Waals surface area (Å²) in [7, 11) is 0. The standard InChI is InChI=1S/C21H19Cl2N5O2/c1-11(19-15(22)9-26-10-16(19)23)30-13-2-3-17(24)14(7-13)20(25)12-6-18-21(28-8-12)29-5-4-27-18/h2-3,6-11,25,27H,4-5,24H2,1H3/t11-/m1/s1. The Morgan fingerprint density at radius 1 is 1.23 bits per heavy atom. The fourth-order valence-electron chi connectivity index (χ4n) is 3.22. The van der Waals surface area contributed by atoms with Gasteiger partial charge in [-0.05, 0) is 31.2 Å². The van der Waals surface area contributed by atoms with E-state index in [0.29, 0.717) is 57.2 Å². The van der Waals surface area contributed by atoms with Crippen molar-refractivity contribution in [1.82, 2.24) is 9.97 Å². The van der Waals surface area contributed by atoms with Gasteiger partial charge in [-0.25, -0.2) is 4.98 Å². The maximum Gasteiger partial charge on any atom is 0.237 e. The van der Waals surface area contributed by atoms with E-state index in [1.807, 2.05) is 13.0 Å². The number of rotatable bonds is 5. The molecule has 0 radical (unpaired) electrons. The molecule has 154 valence electrons. The van der Waals surface area contributed by atoms with E-state index in [9.17, 15) is 0 Å². The van der Waals surface area contributed by atoms with E-state index < -0.39 is 6.10 Å². The van der Waals surface area contributed by atoms with Crippen LogP contribution in [0, 0.1) is 5.41 Å². The van der Waals surface area contributed by atoms with Crippen molar-refractivity contribution in [1.29, 1.82) is 5.41 Å². The molecule has 0 bridgehead atoms. The van der Waals surface area contributed by atoms with Gasteiger partial charge < -0.3 is 20.5 Å². The second-order valence-corrected chi connectivity index (χ2v) is 7.57. The summed E-state index contributed by atoms with van der Waals surface area (Å²) in [6.45, 7) is 3.09. The summed E-state index contributed by atoms with van der Waals surface area (Å²) in [5.74, 6) is 1.07. The number of nitrogens with one attached hydrogen (secondary N) is 2. The minimum absolute atomic E-state index is 0.230. The van der Waals surface area contributed by atoms with E-state index in [0.717, 1.165) is 5.69 Å². The summed E-state index contributed by atoms with van der Waals surface area (Å²) < 4.78 is 11.5. The van der Waals surface area contributed by atoms with Gasteiger partial charge in [0.25, 0.3) is 0 Å². The van der Waals surface area contributed by atoms with E-state index in [-0.39, 0.29) is 5.71 Å². The lowest BCUT2D eigenvalue weighted by atomic mass is 10.0. The Labute approximate surface area is 183 Å². The highest BCUT2D eigenvalue weighted by Gasteiger charge is 2.19. The number of nitrogen functional groups attached to an aromatic ring is 1. The SMILES string of the molecule is C[C@@H](Oc1ccc(N)c(C(=N)c2cnc3c(c2)NCCO3)c1)c1c(Cl)cncc1Cl. The van der Waals surface area contributed by atoms with E-state index >= 15 is 0 Å². The van der Waals surface area contributed by atoms with Gasteiger partial charge in [0, 0.05) is 47.5 Å². The molecule has 3 aromatic rings. The summed E-state index contributed by atoms with van der Waals surface area (Å²) in [6, 6.07) is 7.00. The van der Waals surface area contributed by atoms with Gasteiger partial charge in [0.1, 0.15) is 18.5 Å². The topological polar surface area (TPSA) is 106 Å². The van der Waals surface area contributed by atoms with Gasteiger partial charge in [-0.2, -0.15) is 0 Å². The number of ether oxygens (including phenoxy) is 2. The molecule has 0 saturated heterocycles. The smallest absolute Gasteiger partial charge is 0.237 e. The molecule has 1 aromatic carbocycles. The Morgan fingerprint density at radius 3 is 2.77 bits per heavy atom. The lowest BCUT2D eigenvalue weighted by molar-refractivity contribution is 0.227. The molecule has 4 N–H and O–H groups in total. The first-order valence-electron chi connectivity index (χ1n) is 9.25. The van der Waals surface area contributed by atoms with Crippen LogP contribution in [-0.4, -0.2) is 28.8 Å². The molecule has 3 heterocycles. The van der Waals surface area contributed by atoms with Crippen molar-refractivity contribution in [3.63, 3.8) is 0 Å². The number of hydrogen-bond acceptors (Lipinski definition) is 7. The van der Waals surface area contributed by atoms with Gasteiger partial charge >= 0.3 is 0 Å². The number of halogens is 2. The summed E-state index contributed by atoms with van der Waals surface area (Å²) in [6.07, 6.45) is 4.21. The van der Waals surface area contributed by atoms with E-state index in [1.165, 1.54) is 12.4 Å². The third kappa shape index (κ3) is 3.99. The molecule has 1 atom stereocenters. The molecule has 0 unspecified atom stereocenters. The van der Waals surface area contributed by atoms with Crippen LogP contribution in [0.4, 0.5) is 11.4 Å². The third-order valence-electron chi connectivity index (χ3n) is 4.70. The van der Waals surface area contributed by atoms with Crippen LogP contribution in [-0.2, 0) is 0 Å². The Bertz CT molecular complexity index is 1100. The Morgan fingerprint density at radius 2 is 2.00 bits per heavy atom. The molecule has 4 rings (SSSR count). The molecule has 1 aliphatic heterocycles. The second-order valence-electron chi connectivity index (χ2n) is 6.75. The highest BCUT2D eigenvalue weighted by atomic mass is 35.5. The van der Waals surface area contributed by atoms with E-state index in [2.05, 4.69) is 15.3 Å². The van der Waals surface area contributed by atoms with Gasteiger partial charge in [0.05, 0.1) is 21.4 Å². The van der Waals surface area contributed by atoms with Gasteiger partial charge in [-0.3, -0.25) is 10.4 Å². The molecular formula is C21H19Cl2N5O2. The predicted octanol–water partition coefficient (Wildman–Crippen LogP) is 4.73. The van der Waals surface area contributed by atoms with Gasteiger partial charge in [-0.1, -0.05) is 23.2 Å². The highest BCUT2D eigenvalue weighted by molar-refractivity contribution is 6.35. The van der Waals surface area contributed by atoms with Crippen molar-refractivity contribution in [2.75, 3.05) is 24.2 Å². The second kappa shape index (κ2) is 8.38. The first-order valence-corrected chi connectivity index (χ1v) is 10.0. The van der Waals surface area contributed by atoms with Crippen LogP contribution < -0.4 is 20.5 Å². The number of aromatic nitrogens is 2. The maximum absolute atomic E-state index is 8.65. The number of benzene rings is 1. The molecule has 0 fully saturated rings. The average molecular weight is 444 g/mol. The Kier molecular flexibility index (Phi) is 5.65. The highest BCUT2D eigenvalue weighted by Crippen LogP contribution is 2.34. The normalized spacial score (nSPS) is 13.6. The fraction of sp³-hybridized carbons (Fsp3) is 0.190. The zero-order valence-electron chi connectivity index (χ0n) is 16.1. The van der Waals surface area contributed by atoms with Gasteiger partial charge in [0.15, 0.2) is 0 Å². The van der Waals surface area contributed by atoms with Crippen LogP contribution in [0.3, 0.4) is 0 Å². The molecule has 30 heavy (non-hydrogen) atoms. The van der Waals surface area contributed by atoms with Crippen LogP contribution in [0.5, 0.6) is 11.6 Å². The summed E-state index contributed by atoms with van der Waals surface area (Å²) in [4.78, 5) is 8.26. The van der Waals surface area contributed by atoms with Crippen LogP contribution in [0.25, 0.3) is 0 Å². The van der Waals surface area contributed by atoms with Crippen molar-refractivity contribution in [3.8, 4) is 11.6 Å². The number of nitrogens with zero attached hydrogens (tertiary/aromatic N) is 2. The molecular weight excluding hydrogens is 425 g/mol. The molecule has 9 heteroatoms. The molecule has 0 amide bonds. The molecule has 7 nitrogen and oxygen atoms in total. The lowest BCUT2D eigenvalue weighted by Crippen LogP contribution is -2.19. The van der Waals surface area contributed by atoms with Crippen LogP contribution in [0.15, 0.2) is 42.9 Å². The van der Waals surface area contributed by atoms with E-state index in [1.54, 1.807) is 24.4 Å². The average Bonchev–Trinajstić information content (AvgIpc) is 2.74. The molecule has 0 aliphatic carbocycles. The Hall–Kier alpha value is -3.03. The Balaban J connectivity index is 1.61. The zero-order valence-corrected chi connectivity index (χ0v) is 17.6. The van der Waals surface area contributed by atoms with Crippen LogP contribution in [0.1, 0.15) is 29.7 Å². The predicted molar refractivity (Wildman–Crippen MR) is 118 cm³/mol. The minimum atomic E-state index is -0.426. The van der Waals surface area contributed by atoms with Crippen LogP contribution in [0.2, 0.25) is 10.0 Å². The first-order chi connectivity index (χ1) is 14.4. The number of hydrogen-bond donors (Lipinski definition) is 3. The number of anilines is 2. The lowest BCUT2D eigenvalue weighted by Gasteiger charge is -2.20. The largest absolute Gasteiger partial charge is 0.486 e. The maximum atomic E-state index is 8.65. The molecule has 2 aromatic heterocycles. The van der Waals surface area contributed by atoms with Crippen LogP contribution >= 0.6 is 23.2 Å². The molecule has 0 spiro atoms. The third-order valence-corrected chi connectivity index (χ3v) is 5.30. The van der Waals surface area contributed by atoms with Crippen molar-refractivity contribution in [2.24, 2.45) is 0 Å². The number of fused-ring (bicyclic) bond motifs is 1. The van der Waals surface area contributed by atoms with Crippen molar-refractivity contribution < 1.29 is 9.47 Å². The zero-order chi connectivity index (χ0) is 21.3. The number of nitrogens with two attached hydrogens (primary N) is 1. The summed E-state index contributed by atoms with van der Waals surface area (Å²) >= 11 is 12.5. The van der Waals surface area contributed by atoms with Gasteiger partial charge in [0.2, 0.25) is 5.88 Å². The summed E-state index contributed by atoms with van der Waals surface area (Å²) in [5, 5.41) is 12.7. The quantitative estimate of drug-likeness (QED) is 0.388. The molecule has 1 aliphatic rings. The first kappa shape index (κ1) is 20.3. The van der Waals surface area contributed by atoms with E-state index in [4.69, 9.17) is 43.8 Å². The molecule has 0 saturated carbocycles. The fourth-order valence-corrected chi connectivity index (χ4v) is 3.89. The van der Waals surface area contributed by atoms with Crippen molar-refractivity contribution in [3.05, 3.63) is 69.6 Å². The minimum Gasteiger partial charge on any atom is -0.486 e. The van der Waals surface area contributed by atoms with Gasteiger partial charge in [-0.15, -0.1) is 0 Å².